The van der Waals surface area contributed by atoms with Gasteiger partial charge in [-0.2, -0.15) is 12.8 Å². The number of aryl methyl sites for hydroxylation is 2. The molecular formula is C10H11FN4O2S. The zero-order valence-electron chi connectivity index (χ0n) is 9.75. The number of pyridine rings is 1. The first-order valence-electron chi connectivity index (χ1n) is 5.04. The molecule has 0 amide bonds. The number of nitrogens with zero attached hydrogens (tertiary/aromatic N) is 3. The number of hydrogen-bond acceptors (Lipinski definition) is 4. The molecule has 0 saturated heterocycles. The summed E-state index contributed by atoms with van der Waals surface area (Å²) in [6.07, 6.45) is 1.37. The van der Waals surface area contributed by atoms with Gasteiger partial charge in [0, 0.05) is 13.2 Å². The zero-order chi connectivity index (χ0) is 13.3. The van der Waals surface area contributed by atoms with Gasteiger partial charge in [0.25, 0.3) is 10.0 Å². The third-order valence-electron chi connectivity index (χ3n) is 2.32. The van der Waals surface area contributed by atoms with Gasteiger partial charge in [-0.3, -0.25) is 4.72 Å². The van der Waals surface area contributed by atoms with Crippen molar-refractivity contribution < 1.29 is 12.8 Å². The van der Waals surface area contributed by atoms with Gasteiger partial charge in [0.15, 0.2) is 5.03 Å². The number of sulfonamides is 1. The number of rotatable bonds is 3. The van der Waals surface area contributed by atoms with Crippen LogP contribution in [-0.2, 0) is 17.1 Å². The molecule has 0 aromatic carbocycles. The Labute approximate surface area is 104 Å². The Bertz CT molecular complexity index is 661. The van der Waals surface area contributed by atoms with Crippen molar-refractivity contribution in [3.63, 3.8) is 0 Å². The monoisotopic (exact) mass is 270 g/mol. The van der Waals surface area contributed by atoms with E-state index in [0.717, 1.165) is 6.07 Å². The molecule has 0 aliphatic rings. The molecule has 2 aromatic rings. The molecule has 0 radical (unpaired) electrons. The van der Waals surface area contributed by atoms with E-state index in [1.165, 1.54) is 18.3 Å². The Morgan fingerprint density at radius 1 is 1.33 bits per heavy atom. The lowest BCUT2D eigenvalue weighted by molar-refractivity contribution is 0.584. The second-order valence-corrected chi connectivity index (χ2v) is 5.32. The van der Waals surface area contributed by atoms with Gasteiger partial charge >= 0.3 is 0 Å². The van der Waals surface area contributed by atoms with Crippen LogP contribution in [-0.4, -0.2) is 23.0 Å². The Balaban J connectivity index is 2.33. The summed E-state index contributed by atoms with van der Waals surface area (Å²) in [6, 6.07) is 3.85. The standard InChI is InChI=1S/C10H11FN4O2S/c1-7-12-10(6-15(7)2)18(16,17)14-9-5-3-4-8(11)13-9/h3-6H,1-2H3,(H,13,14). The summed E-state index contributed by atoms with van der Waals surface area (Å²) in [7, 11) is -2.16. The maximum atomic E-state index is 12.8. The molecule has 6 nitrogen and oxygen atoms in total. The largest absolute Gasteiger partial charge is 0.337 e. The predicted octanol–water partition coefficient (Wildman–Crippen LogP) is 1.06. The van der Waals surface area contributed by atoms with Gasteiger partial charge in [-0.1, -0.05) is 6.07 Å². The number of halogens is 1. The summed E-state index contributed by atoms with van der Waals surface area (Å²) >= 11 is 0. The van der Waals surface area contributed by atoms with Crippen LogP contribution in [0, 0.1) is 12.9 Å². The van der Waals surface area contributed by atoms with Gasteiger partial charge in [-0.05, 0) is 19.1 Å². The smallest absolute Gasteiger partial charge is 0.282 e. The molecular weight excluding hydrogens is 259 g/mol. The fourth-order valence-corrected chi connectivity index (χ4v) is 2.35. The quantitative estimate of drug-likeness (QED) is 0.846. The molecule has 18 heavy (non-hydrogen) atoms. The summed E-state index contributed by atoms with van der Waals surface area (Å²) in [5.74, 6) is -0.284. The number of aromatic nitrogens is 3. The van der Waals surface area contributed by atoms with Crippen LogP contribution >= 0.6 is 0 Å². The number of nitrogens with one attached hydrogen (secondary N) is 1. The van der Waals surface area contributed by atoms with E-state index < -0.39 is 16.0 Å². The molecule has 0 aliphatic heterocycles. The zero-order valence-corrected chi connectivity index (χ0v) is 10.6. The Hall–Kier alpha value is -1.96. The van der Waals surface area contributed by atoms with E-state index in [9.17, 15) is 12.8 Å². The maximum absolute atomic E-state index is 12.8. The summed E-state index contributed by atoms with van der Waals surface area (Å²) in [5, 5.41) is -0.131. The van der Waals surface area contributed by atoms with Crippen molar-refractivity contribution in [2.24, 2.45) is 7.05 Å². The number of imidazole rings is 1. The highest BCUT2D eigenvalue weighted by atomic mass is 32.2. The molecule has 0 aliphatic carbocycles. The van der Waals surface area contributed by atoms with E-state index in [4.69, 9.17) is 0 Å². The van der Waals surface area contributed by atoms with Crippen LogP contribution in [0.4, 0.5) is 10.2 Å². The van der Waals surface area contributed by atoms with Crippen molar-refractivity contribution >= 4 is 15.8 Å². The lowest BCUT2D eigenvalue weighted by atomic mass is 10.5. The minimum atomic E-state index is -3.84. The molecule has 8 heteroatoms. The minimum Gasteiger partial charge on any atom is -0.337 e. The average molecular weight is 270 g/mol. The normalized spacial score (nSPS) is 11.5. The van der Waals surface area contributed by atoms with Crippen molar-refractivity contribution in [1.29, 1.82) is 0 Å². The maximum Gasteiger partial charge on any atom is 0.282 e. The van der Waals surface area contributed by atoms with Crippen molar-refractivity contribution in [2.75, 3.05) is 4.72 Å². The van der Waals surface area contributed by atoms with Crippen molar-refractivity contribution in [1.82, 2.24) is 14.5 Å². The van der Waals surface area contributed by atoms with E-state index in [1.807, 2.05) is 0 Å². The van der Waals surface area contributed by atoms with Gasteiger partial charge in [-0.25, -0.2) is 9.97 Å². The second kappa shape index (κ2) is 4.37. The van der Waals surface area contributed by atoms with E-state index in [1.54, 1.807) is 18.5 Å². The molecule has 0 fully saturated rings. The Morgan fingerprint density at radius 2 is 2.06 bits per heavy atom. The first-order chi connectivity index (χ1) is 8.38. The Kier molecular flexibility index (Phi) is 3.04. The van der Waals surface area contributed by atoms with E-state index in [-0.39, 0.29) is 10.8 Å². The van der Waals surface area contributed by atoms with Gasteiger partial charge in [0.05, 0.1) is 0 Å². The minimum absolute atomic E-state index is 0.0849. The fourth-order valence-electron chi connectivity index (χ4n) is 1.31. The van der Waals surface area contributed by atoms with E-state index in [2.05, 4.69) is 14.7 Å². The topological polar surface area (TPSA) is 76.9 Å². The van der Waals surface area contributed by atoms with Gasteiger partial charge < -0.3 is 4.57 Å². The van der Waals surface area contributed by atoms with Crippen LogP contribution in [0.1, 0.15) is 5.82 Å². The van der Waals surface area contributed by atoms with Crippen LogP contribution in [0.3, 0.4) is 0 Å². The van der Waals surface area contributed by atoms with Crippen LogP contribution in [0.5, 0.6) is 0 Å². The molecule has 0 bridgehead atoms. The highest BCUT2D eigenvalue weighted by Gasteiger charge is 2.19. The van der Waals surface area contributed by atoms with Crippen LogP contribution in [0.2, 0.25) is 0 Å². The summed E-state index contributed by atoms with van der Waals surface area (Å²) in [6.45, 7) is 1.68. The second-order valence-electron chi connectivity index (χ2n) is 3.69. The van der Waals surface area contributed by atoms with Crippen LogP contribution in [0.15, 0.2) is 29.4 Å². The molecule has 0 spiro atoms. The third kappa shape index (κ3) is 2.48. The molecule has 0 unspecified atom stereocenters. The van der Waals surface area contributed by atoms with Gasteiger partial charge in [-0.15, -0.1) is 0 Å². The molecule has 0 atom stereocenters. The third-order valence-corrected chi connectivity index (χ3v) is 3.54. The Morgan fingerprint density at radius 3 is 2.61 bits per heavy atom. The van der Waals surface area contributed by atoms with Crippen LogP contribution in [0.25, 0.3) is 0 Å². The predicted molar refractivity (Wildman–Crippen MR) is 62.9 cm³/mol. The summed E-state index contributed by atoms with van der Waals surface area (Å²) in [4.78, 5) is 7.31. The van der Waals surface area contributed by atoms with Crippen LogP contribution < -0.4 is 4.72 Å². The SMILES string of the molecule is Cc1nc(S(=O)(=O)Nc2cccc(F)n2)cn1C. The van der Waals surface area contributed by atoms with E-state index in [0.29, 0.717) is 5.82 Å². The lowest BCUT2D eigenvalue weighted by Gasteiger charge is -2.04. The summed E-state index contributed by atoms with van der Waals surface area (Å²) in [5.41, 5.74) is 0. The van der Waals surface area contributed by atoms with Crippen molar-refractivity contribution in [3.05, 3.63) is 36.2 Å². The summed E-state index contributed by atoms with van der Waals surface area (Å²) < 4.78 is 40.4. The first kappa shape index (κ1) is 12.5. The lowest BCUT2D eigenvalue weighted by Crippen LogP contribution is -2.14. The molecule has 0 saturated carbocycles. The molecule has 2 aromatic heterocycles. The fraction of sp³-hybridized carbons (Fsp3) is 0.200. The number of anilines is 1. The number of hydrogen-bond donors (Lipinski definition) is 1. The average Bonchev–Trinajstić information content (AvgIpc) is 2.59. The van der Waals surface area contributed by atoms with Gasteiger partial charge in [0.2, 0.25) is 5.95 Å². The first-order valence-corrected chi connectivity index (χ1v) is 6.52. The molecule has 96 valence electrons. The highest BCUT2D eigenvalue weighted by molar-refractivity contribution is 7.92. The van der Waals surface area contributed by atoms with Gasteiger partial charge in [0.1, 0.15) is 11.6 Å². The van der Waals surface area contributed by atoms with E-state index >= 15 is 0 Å². The van der Waals surface area contributed by atoms with Crippen molar-refractivity contribution in [3.8, 4) is 0 Å². The molecule has 2 heterocycles. The molecule has 1 N–H and O–H groups in total. The van der Waals surface area contributed by atoms with Crippen molar-refractivity contribution in [2.45, 2.75) is 11.9 Å². The highest BCUT2D eigenvalue weighted by Crippen LogP contribution is 2.13. The molecule has 2 rings (SSSR count).